The highest BCUT2D eigenvalue weighted by molar-refractivity contribution is 6.30. The molecular formula is C19H22ClN5O2. The summed E-state index contributed by atoms with van der Waals surface area (Å²) in [6.07, 6.45) is 2.14. The van der Waals surface area contributed by atoms with Gasteiger partial charge < -0.3 is 9.64 Å². The van der Waals surface area contributed by atoms with Crippen molar-refractivity contribution >= 4 is 23.3 Å². The van der Waals surface area contributed by atoms with E-state index in [1.54, 1.807) is 34.7 Å². The van der Waals surface area contributed by atoms with E-state index >= 15 is 0 Å². The number of aromatic nitrogens is 4. The molecule has 0 aliphatic rings. The van der Waals surface area contributed by atoms with Gasteiger partial charge in [0.2, 0.25) is 0 Å². The van der Waals surface area contributed by atoms with E-state index in [-0.39, 0.29) is 11.8 Å². The lowest BCUT2D eigenvalue weighted by Crippen LogP contribution is -2.30. The van der Waals surface area contributed by atoms with Crippen molar-refractivity contribution in [3.8, 4) is 5.75 Å². The molecule has 142 valence electrons. The lowest BCUT2D eigenvalue weighted by atomic mass is 10.1. The van der Waals surface area contributed by atoms with Gasteiger partial charge in [0.1, 0.15) is 17.8 Å². The second kappa shape index (κ2) is 8.35. The molecule has 1 aromatic carbocycles. The first-order valence-corrected chi connectivity index (χ1v) is 9.18. The Morgan fingerprint density at radius 2 is 2.15 bits per heavy atom. The normalized spacial score (nSPS) is 11.1. The monoisotopic (exact) mass is 387 g/mol. The molecule has 0 aliphatic carbocycles. The summed E-state index contributed by atoms with van der Waals surface area (Å²) in [5, 5.41) is 4.81. The standard InChI is InChI=1S/C19H22ClN5O2/c1-13(2)17-11-16(23-19-21-12-22-25(17)19)18(26)24(3)8-5-9-27-15-7-4-6-14(20)10-15/h4,6-7,10-13H,5,8-9H2,1-3H3. The molecule has 2 aromatic heterocycles. The van der Waals surface area contributed by atoms with Crippen LogP contribution in [0.25, 0.3) is 5.78 Å². The van der Waals surface area contributed by atoms with Crippen LogP contribution in [0.3, 0.4) is 0 Å². The van der Waals surface area contributed by atoms with E-state index in [1.807, 2.05) is 26.0 Å². The largest absolute Gasteiger partial charge is 0.493 e. The summed E-state index contributed by atoms with van der Waals surface area (Å²) in [6.45, 7) is 5.13. The maximum absolute atomic E-state index is 12.7. The third kappa shape index (κ3) is 4.54. The zero-order valence-corrected chi connectivity index (χ0v) is 16.3. The highest BCUT2D eigenvalue weighted by Gasteiger charge is 2.18. The third-order valence-corrected chi connectivity index (χ3v) is 4.37. The number of nitrogens with zero attached hydrogens (tertiary/aromatic N) is 5. The fourth-order valence-electron chi connectivity index (χ4n) is 2.70. The second-order valence-electron chi connectivity index (χ2n) is 6.58. The number of carbonyl (C=O) groups is 1. The molecule has 2 heterocycles. The smallest absolute Gasteiger partial charge is 0.272 e. The molecule has 7 nitrogen and oxygen atoms in total. The summed E-state index contributed by atoms with van der Waals surface area (Å²) >= 11 is 5.93. The average molecular weight is 388 g/mol. The van der Waals surface area contributed by atoms with Crippen molar-refractivity contribution < 1.29 is 9.53 Å². The van der Waals surface area contributed by atoms with Crippen molar-refractivity contribution in [3.63, 3.8) is 0 Å². The fraction of sp³-hybridized carbons (Fsp3) is 0.368. The first kappa shape index (κ1) is 19.1. The summed E-state index contributed by atoms with van der Waals surface area (Å²) in [4.78, 5) is 22.8. The van der Waals surface area contributed by atoms with Gasteiger partial charge in [0, 0.05) is 18.6 Å². The van der Waals surface area contributed by atoms with Crippen molar-refractivity contribution in [2.75, 3.05) is 20.2 Å². The average Bonchev–Trinajstić information content (AvgIpc) is 3.12. The predicted octanol–water partition coefficient (Wildman–Crippen LogP) is 3.44. The lowest BCUT2D eigenvalue weighted by molar-refractivity contribution is 0.0782. The number of hydrogen-bond acceptors (Lipinski definition) is 5. The number of hydrogen-bond donors (Lipinski definition) is 0. The van der Waals surface area contributed by atoms with Crippen LogP contribution in [0.15, 0.2) is 36.7 Å². The number of halogens is 1. The minimum absolute atomic E-state index is 0.148. The van der Waals surface area contributed by atoms with Crippen LogP contribution < -0.4 is 4.74 Å². The maximum atomic E-state index is 12.7. The van der Waals surface area contributed by atoms with Crippen molar-refractivity contribution in [2.24, 2.45) is 0 Å². The van der Waals surface area contributed by atoms with Gasteiger partial charge in [0.15, 0.2) is 0 Å². The number of ether oxygens (including phenoxy) is 1. The molecule has 0 fully saturated rings. The Balaban J connectivity index is 1.61. The van der Waals surface area contributed by atoms with Gasteiger partial charge in [0.25, 0.3) is 11.7 Å². The van der Waals surface area contributed by atoms with Gasteiger partial charge in [-0.1, -0.05) is 31.5 Å². The van der Waals surface area contributed by atoms with E-state index in [4.69, 9.17) is 16.3 Å². The van der Waals surface area contributed by atoms with Gasteiger partial charge in [0.05, 0.1) is 12.3 Å². The first-order valence-electron chi connectivity index (χ1n) is 8.80. The minimum Gasteiger partial charge on any atom is -0.493 e. The molecule has 0 bridgehead atoms. The van der Waals surface area contributed by atoms with E-state index in [9.17, 15) is 4.79 Å². The Hall–Kier alpha value is -2.67. The number of benzene rings is 1. The van der Waals surface area contributed by atoms with Crippen molar-refractivity contribution in [1.29, 1.82) is 0 Å². The molecule has 0 atom stereocenters. The summed E-state index contributed by atoms with van der Waals surface area (Å²) in [7, 11) is 1.76. The van der Waals surface area contributed by atoms with E-state index in [0.29, 0.717) is 36.1 Å². The summed E-state index contributed by atoms with van der Waals surface area (Å²) < 4.78 is 7.33. The van der Waals surface area contributed by atoms with Gasteiger partial charge in [-0.05, 0) is 36.6 Å². The molecule has 0 aliphatic heterocycles. The van der Waals surface area contributed by atoms with Gasteiger partial charge in [-0.15, -0.1) is 0 Å². The Kier molecular flexibility index (Phi) is 5.91. The molecule has 0 unspecified atom stereocenters. The molecule has 27 heavy (non-hydrogen) atoms. The van der Waals surface area contributed by atoms with Gasteiger partial charge >= 0.3 is 0 Å². The van der Waals surface area contributed by atoms with Gasteiger partial charge in [-0.3, -0.25) is 4.79 Å². The van der Waals surface area contributed by atoms with Crippen LogP contribution in [0, 0.1) is 0 Å². The Morgan fingerprint density at radius 1 is 1.33 bits per heavy atom. The van der Waals surface area contributed by atoms with E-state index < -0.39 is 0 Å². The summed E-state index contributed by atoms with van der Waals surface area (Å²) in [6, 6.07) is 9.04. The summed E-state index contributed by atoms with van der Waals surface area (Å²) in [5.41, 5.74) is 1.27. The van der Waals surface area contributed by atoms with Crippen LogP contribution in [0.4, 0.5) is 0 Å². The second-order valence-corrected chi connectivity index (χ2v) is 7.02. The number of rotatable bonds is 7. The highest BCUT2D eigenvalue weighted by atomic mass is 35.5. The topological polar surface area (TPSA) is 72.6 Å². The fourth-order valence-corrected chi connectivity index (χ4v) is 2.88. The molecule has 1 amide bonds. The molecule has 0 N–H and O–H groups in total. The highest BCUT2D eigenvalue weighted by Crippen LogP contribution is 2.18. The van der Waals surface area contributed by atoms with E-state index in [2.05, 4.69) is 15.1 Å². The van der Waals surface area contributed by atoms with Crippen molar-refractivity contribution in [2.45, 2.75) is 26.2 Å². The number of amides is 1. The van der Waals surface area contributed by atoms with Gasteiger partial charge in [-0.25, -0.2) is 9.50 Å². The number of fused-ring (bicyclic) bond motifs is 1. The number of carbonyl (C=O) groups excluding carboxylic acids is 1. The molecule has 0 radical (unpaired) electrons. The van der Waals surface area contributed by atoms with Crippen molar-refractivity contribution in [1.82, 2.24) is 24.5 Å². The molecule has 0 saturated carbocycles. The maximum Gasteiger partial charge on any atom is 0.272 e. The van der Waals surface area contributed by atoms with Crippen LogP contribution in [0.1, 0.15) is 42.4 Å². The zero-order valence-electron chi connectivity index (χ0n) is 15.6. The van der Waals surface area contributed by atoms with Crippen molar-refractivity contribution in [3.05, 3.63) is 53.1 Å². The van der Waals surface area contributed by atoms with E-state index in [0.717, 1.165) is 11.4 Å². The minimum atomic E-state index is -0.148. The van der Waals surface area contributed by atoms with Gasteiger partial charge in [-0.2, -0.15) is 10.1 Å². The molecule has 0 spiro atoms. The Labute approximate surface area is 162 Å². The van der Waals surface area contributed by atoms with Crippen LogP contribution in [-0.4, -0.2) is 50.6 Å². The van der Waals surface area contributed by atoms with Crippen LogP contribution in [0.2, 0.25) is 5.02 Å². The molecule has 0 saturated heterocycles. The first-order chi connectivity index (χ1) is 13.0. The zero-order chi connectivity index (χ0) is 19.4. The third-order valence-electron chi connectivity index (χ3n) is 4.14. The molecule has 3 aromatic rings. The van der Waals surface area contributed by atoms with Crippen LogP contribution in [-0.2, 0) is 0 Å². The Morgan fingerprint density at radius 3 is 2.89 bits per heavy atom. The summed E-state index contributed by atoms with van der Waals surface area (Å²) in [5.74, 6) is 1.20. The predicted molar refractivity (Wildman–Crippen MR) is 103 cm³/mol. The van der Waals surface area contributed by atoms with Crippen LogP contribution in [0.5, 0.6) is 5.75 Å². The molecule has 3 rings (SSSR count). The van der Waals surface area contributed by atoms with Crippen LogP contribution >= 0.6 is 11.6 Å². The molecule has 8 heteroatoms. The lowest BCUT2D eigenvalue weighted by Gasteiger charge is -2.18. The molecular weight excluding hydrogens is 366 g/mol. The quantitative estimate of drug-likeness (QED) is 0.580. The SMILES string of the molecule is CC(C)c1cc(C(=O)N(C)CCCOc2cccc(Cl)c2)nc2ncnn12. The van der Waals surface area contributed by atoms with E-state index in [1.165, 1.54) is 6.33 Å². The Bertz CT molecular complexity index is 941.